The van der Waals surface area contributed by atoms with Crippen LogP contribution < -0.4 is 20.7 Å². The number of carbonyl (C=O) groups excluding carboxylic acids is 3. The Morgan fingerprint density at radius 2 is 1.55 bits per heavy atom. The summed E-state index contributed by atoms with van der Waals surface area (Å²) < 4.78 is 6.61. The zero-order valence-electron chi connectivity index (χ0n) is 17.4. The highest BCUT2D eigenvalue weighted by Gasteiger charge is 2.14. The first-order valence-electron chi connectivity index (χ1n) is 9.97. The van der Waals surface area contributed by atoms with Gasteiger partial charge in [0, 0.05) is 20.8 Å². The lowest BCUT2D eigenvalue weighted by atomic mass is 10.2. The van der Waals surface area contributed by atoms with E-state index in [9.17, 15) is 14.4 Å². The molecule has 0 radical (unpaired) electrons. The SMILES string of the molecule is O=C(CNC(=O)c1ccccc1OCC(=O)Nc1ccc(I)cc1)NCc1ccc(Cl)cc1. The number of amides is 3. The van der Waals surface area contributed by atoms with Gasteiger partial charge in [0.05, 0.1) is 12.1 Å². The van der Waals surface area contributed by atoms with Crippen LogP contribution in [0.15, 0.2) is 72.8 Å². The van der Waals surface area contributed by atoms with Gasteiger partial charge in [-0.05, 0) is 76.7 Å². The lowest BCUT2D eigenvalue weighted by Gasteiger charge is -2.12. The first kappa shape index (κ1) is 24.5. The van der Waals surface area contributed by atoms with Gasteiger partial charge in [-0.15, -0.1) is 0 Å². The van der Waals surface area contributed by atoms with Gasteiger partial charge in [0.15, 0.2) is 6.61 Å². The van der Waals surface area contributed by atoms with E-state index < -0.39 is 5.91 Å². The van der Waals surface area contributed by atoms with Crippen LogP contribution in [0.25, 0.3) is 0 Å². The minimum Gasteiger partial charge on any atom is -0.483 e. The number of ether oxygens (including phenoxy) is 1. The molecule has 7 nitrogen and oxygen atoms in total. The topological polar surface area (TPSA) is 96.5 Å². The van der Waals surface area contributed by atoms with Crippen molar-refractivity contribution in [1.82, 2.24) is 10.6 Å². The molecule has 33 heavy (non-hydrogen) atoms. The Kier molecular flexibility index (Phi) is 9.08. The number of anilines is 1. The molecule has 0 unspecified atom stereocenters. The quantitative estimate of drug-likeness (QED) is 0.335. The first-order valence-corrected chi connectivity index (χ1v) is 11.4. The van der Waals surface area contributed by atoms with Gasteiger partial charge in [-0.25, -0.2) is 0 Å². The van der Waals surface area contributed by atoms with E-state index in [1.54, 1.807) is 48.5 Å². The second-order valence-electron chi connectivity index (χ2n) is 6.93. The summed E-state index contributed by atoms with van der Waals surface area (Å²) in [5.74, 6) is -0.929. The number of nitrogens with one attached hydrogen (secondary N) is 3. The summed E-state index contributed by atoms with van der Waals surface area (Å²) in [7, 11) is 0. The van der Waals surface area contributed by atoms with Crippen LogP contribution in [0.4, 0.5) is 5.69 Å². The Bertz CT molecular complexity index is 1120. The number of halogens is 2. The standard InChI is InChI=1S/C24H21ClIN3O4/c25-17-7-5-16(6-8-17)13-27-22(30)14-28-24(32)20-3-1-2-4-21(20)33-15-23(31)29-19-11-9-18(26)10-12-19/h1-12H,13-15H2,(H,27,30)(H,28,32)(H,29,31). The minimum atomic E-state index is -0.481. The summed E-state index contributed by atoms with van der Waals surface area (Å²) in [6.07, 6.45) is 0. The van der Waals surface area contributed by atoms with E-state index in [1.807, 2.05) is 24.3 Å². The number of carbonyl (C=O) groups is 3. The Hall–Kier alpha value is -3.11. The molecule has 3 rings (SSSR count). The molecule has 0 spiro atoms. The van der Waals surface area contributed by atoms with Gasteiger partial charge in [-0.3, -0.25) is 14.4 Å². The molecule has 0 aliphatic rings. The summed E-state index contributed by atoms with van der Waals surface area (Å²) in [6.45, 7) is -0.146. The van der Waals surface area contributed by atoms with Crippen molar-refractivity contribution in [1.29, 1.82) is 0 Å². The van der Waals surface area contributed by atoms with Gasteiger partial charge < -0.3 is 20.7 Å². The van der Waals surface area contributed by atoms with E-state index in [0.29, 0.717) is 17.3 Å². The van der Waals surface area contributed by atoms with Gasteiger partial charge in [-0.1, -0.05) is 35.9 Å². The third-order valence-corrected chi connectivity index (χ3v) is 5.40. The van der Waals surface area contributed by atoms with Gasteiger partial charge in [-0.2, -0.15) is 0 Å². The monoisotopic (exact) mass is 577 g/mol. The Balaban J connectivity index is 1.48. The molecule has 3 amide bonds. The lowest BCUT2D eigenvalue weighted by molar-refractivity contribution is -0.120. The highest BCUT2D eigenvalue weighted by atomic mass is 127. The molecule has 9 heteroatoms. The molecule has 0 fully saturated rings. The van der Waals surface area contributed by atoms with Crippen LogP contribution in [-0.4, -0.2) is 30.9 Å². The van der Waals surface area contributed by atoms with Crippen molar-refractivity contribution in [2.45, 2.75) is 6.54 Å². The van der Waals surface area contributed by atoms with Crippen LogP contribution >= 0.6 is 34.2 Å². The molecule has 0 aromatic heterocycles. The van der Waals surface area contributed by atoms with Gasteiger partial charge in [0.1, 0.15) is 5.75 Å². The maximum atomic E-state index is 12.6. The Morgan fingerprint density at radius 3 is 2.27 bits per heavy atom. The molecular formula is C24H21ClIN3O4. The van der Waals surface area contributed by atoms with Gasteiger partial charge >= 0.3 is 0 Å². The molecule has 170 valence electrons. The van der Waals surface area contributed by atoms with Crippen molar-refractivity contribution >= 4 is 57.6 Å². The fraction of sp³-hybridized carbons (Fsp3) is 0.125. The fourth-order valence-corrected chi connectivity index (χ4v) is 3.26. The second-order valence-corrected chi connectivity index (χ2v) is 8.61. The van der Waals surface area contributed by atoms with Crippen LogP contribution in [-0.2, 0) is 16.1 Å². The Morgan fingerprint density at radius 1 is 0.848 bits per heavy atom. The third-order valence-electron chi connectivity index (χ3n) is 4.43. The van der Waals surface area contributed by atoms with Crippen LogP contribution in [0, 0.1) is 3.57 Å². The molecule has 3 aromatic carbocycles. The van der Waals surface area contributed by atoms with Crippen LogP contribution in [0.3, 0.4) is 0 Å². The van der Waals surface area contributed by atoms with E-state index in [0.717, 1.165) is 9.13 Å². The van der Waals surface area contributed by atoms with Gasteiger partial charge in [0.25, 0.3) is 11.8 Å². The Labute approximate surface area is 210 Å². The molecule has 3 aromatic rings. The molecule has 0 atom stereocenters. The smallest absolute Gasteiger partial charge is 0.262 e. The molecule has 0 saturated carbocycles. The molecule has 0 bridgehead atoms. The van der Waals surface area contributed by atoms with E-state index >= 15 is 0 Å². The predicted molar refractivity (Wildman–Crippen MR) is 135 cm³/mol. The van der Waals surface area contributed by atoms with Crippen LogP contribution in [0.5, 0.6) is 5.75 Å². The normalized spacial score (nSPS) is 10.2. The number of para-hydroxylation sites is 1. The van der Waals surface area contributed by atoms with Crippen molar-refractivity contribution in [2.75, 3.05) is 18.5 Å². The van der Waals surface area contributed by atoms with Crippen molar-refractivity contribution < 1.29 is 19.1 Å². The summed E-state index contributed by atoms with van der Waals surface area (Å²) >= 11 is 8.02. The number of rotatable bonds is 9. The van der Waals surface area contributed by atoms with Crippen LogP contribution in [0.2, 0.25) is 5.02 Å². The van der Waals surface area contributed by atoms with Crippen molar-refractivity contribution in [3.05, 3.63) is 92.5 Å². The summed E-state index contributed by atoms with van der Waals surface area (Å²) in [5, 5.41) is 8.64. The maximum absolute atomic E-state index is 12.6. The largest absolute Gasteiger partial charge is 0.483 e. The average Bonchev–Trinajstić information content (AvgIpc) is 2.82. The number of hydrogen-bond donors (Lipinski definition) is 3. The number of hydrogen-bond acceptors (Lipinski definition) is 4. The van der Waals surface area contributed by atoms with Crippen molar-refractivity contribution in [2.24, 2.45) is 0 Å². The zero-order chi connectivity index (χ0) is 23.6. The summed E-state index contributed by atoms with van der Waals surface area (Å²) in [5.41, 5.74) is 1.77. The van der Waals surface area contributed by atoms with Crippen molar-refractivity contribution in [3.63, 3.8) is 0 Å². The highest BCUT2D eigenvalue weighted by molar-refractivity contribution is 14.1. The van der Waals surface area contributed by atoms with E-state index in [1.165, 1.54) is 0 Å². The van der Waals surface area contributed by atoms with Gasteiger partial charge in [0.2, 0.25) is 5.91 Å². The first-order chi connectivity index (χ1) is 15.9. The summed E-state index contributed by atoms with van der Waals surface area (Å²) in [6, 6.07) is 21.0. The predicted octanol–water partition coefficient (Wildman–Crippen LogP) is 4.01. The fourth-order valence-electron chi connectivity index (χ4n) is 2.77. The maximum Gasteiger partial charge on any atom is 0.262 e. The van der Waals surface area contributed by atoms with E-state index in [-0.39, 0.29) is 36.3 Å². The molecule has 0 heterocycles. The second kappa shape index (κ2) is 12.2. The zero-order valence-corrected chi connectivity index (χ0v) is 20.4. The molecule has 0 aliphatic heterocycles. The summed E-state index contributed by atoms with van der Waals surface area (Å²) in [4.78, 5) is 36.8. The minimum absolute atomic E-state index is 0.200. The highest BCUT2D eigenvalue weighted by Crippen LogP contribution is 2.18. The van der Waals surface area contributed by atoms with E-state index in [4.69, 9.17) is 16.3 Å². The lowest BCUT2D eigenvalue weighted by Crippen LogP contribution is -2.36. The van der Waals surface area contributed by atoms with Crippen LogP contribution in [0.1, 0.15) is 15.9 Å². The molecular weight excluding hydrogens is 557 g/mol. The molecule has 3 N–H and O–H groups in total. The average molecular weight is 578 g/mol. The third kappa shape index (κ3) is 8.07. The molecule has 0 aliphatic carbocycles. The van der Waals surface area contributed by atoms with Crippen molar-refractivity contribution in [3.8, 4) is 5.75 Å². The number of benzene rings is 3. The van der Waals surface area contributed by atoms with E-state index in [2.05, 4.69) is 38.5 Å². The molecule has 0 saturated heterocycles.